The quantitative estimate of drug-likeness (QED) is 0.552. The van der Waals surface area contributed by atoms with Crippen molar-refractivity contribution in [3.63, 3.8) is 0 Å². The summed E-state index contributed by atoms with van der Waals surface area (Å²) in [5.41, 5.74) is 7.96. The Hall–Kier alpha value is -3.23. The molecular formula is C20H23N5O3. The lowest BCUT2D eigenvalue weighted by Crippen LogP contribution is -2.27. The molecule has 1 amide bonds. The predicted octanol–water partition coefficient (Wildman–Crippen LogP) is 2.48. The van der Waals surface area contributed by atoms with Crippen molar-refractivity contribution >= 4 is 11.6 Å². The average Bonchev–Trinajstić information content (AvgIpc) is 3.22. The van der Waals surface area contributed by atoms with Crippen LogP contribution >= 0.6 is 0 Å². The van der Waals surface area contributed by atoms with E-state index in [-0.39, 0.29) is 5.91 Å². The second kappa shape index (κ2) is 9.12. The number of hydrogen-bond acceptors (Lipinski definition) is 6. The molecule has 0 spiro atoms. The average molecular weight is 381 g/mol. The number of hydrogen-bond donors (Lipinski definition) is 3. The highest BCUT2D eigenvalue weighted by Gasteiger charge is 2.14. The third-order valence-corrected chi connectivity index (χ3v) is 4.14. The lowest BCUT2D eigenvalue weighted by atomic mass is 10.2. The van der Waals surface area contributed by atoms with Crippen molar-refractivity contribution in [3.05, 3.63) is 59.9 Å². The summed E-state index contributed by atoms with van der Waals surface area (Å²) in [6, 6.07) is 14.8. The molecular weight excluding hydrogens is 358 g/mol. The molecule has 8 heteroatoms. The number of rotatable bonds is 8. The first kappa shape index (κ1) is 19.5. The van der Waals surface area contributed by atoms with Gasteiger partial charge in [0.2, 0.25) is 0 Å². The van der Waals surface area contributed by atoms with Crippen LogP contribution in [0.5, 0.6) is 5.75 Å². The van der Waals surface area contributed by atoms with Gasteiger partial charge in [0, 0.05) is 11.3 Å². The van der Waals surface area contributed by atoms with E-state index in [2.05, 4.69) is 20.5 Å². The number of nitrogens with zero attached hydrogens (tertiary/aromatic N) is 2. The predicted molar refractivity (Wildman–Crippen MR) is 106 cm³/mol. The molecule has 146 valence electrons. The Balaban J connectivity index is 1.54. The van der Waals surface area contributed by atoms with E-state index in [1.165, 1.54) is 0 Å². The summed E-state index contributed by atoms with van der Waals surface area (Å²) in [6.45, 7) is 2.33. The fraction of sp³-hybridized carbons (Fsp3) is 0.250. The fourth-order valence-corrected chi connectivity index (χ4v) is 2.52. The number of amides is 1. The molecule has 3 aromatic rings. The molecule has 0 bridgehead atoms. The monoisotopic (exact) mass is 381 g/mol. The van der Waals surface area contributed by atoms with Gasteiger partial charge in [-0.15, -0.1) is 0 Å². The van der Waals surface area contributed by atoms with Crippen molar-refractivity contribution in [1.82, 2.24) is 15.2 Å². The Bertz CT molecular complexity index is 924. The third-order valence-electron chi connectivity index (χ3n) is 4.14. The summed E-state index contributed by atoms with van der Waals surface area (Å²) in [5, 5.41) is 9.72. The first-order valence-corrected chi connectivity index (χ1v) is 8.86. The smallest absolute Gasteiger partial charge is 0.253 e. The maximum atomic E-state index is 12.3. The third kappa shape index (κ3) is 4.93. The van der Waals surface area contributed by atoms with Crippen molar-refractivity contribution in [2.24, 2.45) is 5.73 Å². The first-order valence-electron chi connectivity index (χ1n) is 8.86. The second-order valence-corrected chi connectivity index (χ2v) is 6.18. The maximum Gasteiger partial charge on any atom is 0.253 e. The van der Waals surface area contributed by atoms with Crippen molar-refractivity contribution in [1.29, 1.82) is 0 Å². The molecule has 1 atom stereocenters. The molecule has 28 heavy (non-hydrogen) atoms. The van der Waals surface area contributed by atoms with Crippen LogP contribution in [0.1, 0.15) is 18.3 Å². The zero-order valence-electron chi connectivity index (χ0n) is 15.8. The number of benzene rings is 2. The Morgan fingerprint density at radius 2 is 2.04 bits per heavy atom. The van der Waals surface area contributed by atoms with E-state index in [4.69, 9.17) is 15.2 Å². The van der Waals surface area contributed by atoms with Gasteiger partial charge in [-0.1, -0.05) is 12.1 Å². The van der Waals surface area contributed by atoms with E-state index in [9.17, 15) is 4.79 Å². The van der Waals surface area contributed by atoms with Gasteiger partial charge in [0.15, 0.2) is 5.82 Å². The largest absolute Gasteiger partial charge is 0.497 e. The topological polar surface area (TPSA) is 115 Å². The van der Waals surface area contributed by atoms with E-state index in [1.807, 2.05) is 36.4 Å². The normalized spacial score (nSPS) is 11.8. The number of methoxy groups -OCH3 is 1. The summed E-state index contributed by atoms with van der Waals surface area (Å²) in [7, 11) is 1.61. The summed E-state index contributed by atoms with van der Waals surface area (Å²) in [5.74, 6) is 1.71. The lowest BCUT2D eigenvalue weighted by Gasteiger charge is -2.14. The van der Waals surface area contributed by atoms with Gasteiger partial charge in [0.1, 0.15) is 17.7 Å². The fourth-order valence-electron chi connectivity index (χ4n) is 2.52. The van der Waals surface area contributed by atoms with Crippen molar-refractivity contribution < 1.29 is 14.3 Å². The molecule has 3 rings (SSSR count). The lowest BCUT2D eigenvalue weighted by molar-refractivity contribution is -0.127. The van der Waals surface area contributed by atoms with Crippen LogP contribution in [0, 0.1) is 0 Å². The Labute approximate surface area is 163 Å². The summed E-state index contributed by atoms with van der Waals surface area (Å²) in [4.78, 5) is 16.6. The van der Waals surface area contributed by atoms with E-state index in [1.54, 1.807) is 26.2 Å². The van der Waals surface area contributed by atoms with Gasteiger partial charge in [-0.05, 0) is 48.9 Å². The van der Waals surface area contributed by atoms with E-state index >= 15 is 0 Å². The summed E-state index contributed by atoms with van der Waals surface area (Å²) >= 11 is 0. The Kier molecular flexibility index (Phi) is 6.36. The molecule has 1 unspecified atom stereocenters. The van der Waals surface area contributed by atoms with Crippen molar-refractivity contribution in [2.75, 3.05) is 12.4 Å². The Morgan fingerprint density at radius 1 is 1.25 bits per heavy atom. The van der Waals surface area contributed by atoms with E-state index < -0.39 is 6.10 Å². The highest BCUT2D eigenvalue weighted by Crippen LogP contribution is 2.18. The van der Waals surface area contributed by atoms with Gasteiger partial charge in [-0.3, -0.25) is 9.89 Å². The molecule has 8 nitrogen and oxygen atoms in total. The van der Waals surface area contributed by atoms with Crippen LogP contribution in [0.3, 0.4) is 0 Å². The molecule has 0 radical (unpaired) electrons. The molecule has 0 fully saturated rings. The van der Waals surface area contributed by atoms with Gasteiger partial charge in [-0.25, -0.2) is 4.98 Å². The molecule has 0 aliphatic rings. The van der Waals surface area contributed by atoms with E-state index in [0.717, 1.165) is 16.9 Å². The van der Waals surface area contributed by atoms with Crippen molar-refractivity contribution in [2.45, 2.75) is 26.2 Å². The Morgan fingerprint density at radius 3 is 2.71 bits per heavy atom. The first-order chi connectivity index (χ1) is 13.6. The number of ether oxygens (including phenoxy) is 2. The number of aromatic nitrogens is 3. The van der Waals surface area contributed by atoms with Crippen molar-refractivity contribution in [3.8, 4) is 17.1 Å². The van der Waals surface area contributed by atoms with Gasteiger partial charge in [0.25, 0.3) is 5.91 Å². The number of nitrogens with one attached hydrogen (secondary N) is 2. The molecule has 0 aliphatic carbocycles. The number of aromatic amines is 1. The van der Waals surface area contributed by atoms with Crippen LogP contribution in [0.25, 0.3) is 11.4 Å². The number of carbonyl (C=O) groups is 1. The molecule has 1 heterocycles. The SMILES string of the molecule is COc1cccc(COC(C)C(=O)Nc2ccc(-c3n[nH]c(CN)n3)cc2)c1. The van der Waals surface area contributed by atoms with E-state index in [0.29, 0.717) is 30.5 Å². The highest BCUT2D eigenvalue weighted by atomic mass is 16.5. The zero-order chi connectivity index (χ0) is 19.9. The molecule has 2 aromatic carbocycles. The minimum absolute atomic E-state index is 0.223. The van der Waals surface area contributed by atoms with Gasteiger partial charge in [0.05, 0.1) is 20.3 Å². The summed E-state index contributed by atoms with van der Waals surface area (Å²) in [6.07, 6.45) is -0.606. The minimum atomic E-state index is -0.606. The highest BCUT2D eigenvalue weighted by molar-refractivity contribution is 5.94. The number of H-pyrrole nitrogens is 1. The zero-order valence-corrected chi connectivity index (χ0v) is 15.8. The molecule has 0 saturated heterocycles. The van der Waals surface area contributed by atoms with Gasteiger partial charge in [-0.2, -0.15) is 5.10 Å². The van der Waals surface area contributed by atoms with Crippen LogP contribution in [-0.4, -0.2) is 34.3 Å². The number of anilines is 1. The summed E-state index contributed by atoms with van der Waals surface area (Å²) < 4.78 is 10.9. The van der Waals surface area contributed by atoms with Crippen LogP contribution in [-0.2, 0) is 22.7 Å². The van der Waals surface area contributed by atoms with Gasteiger partial charge < -0.3 is 20.5 Å². The molecule has 0 aliphatic heterocycles. The second-order valence-electron chi connectivity index (χ2n) is 6.18. The van der Waals surface area contributed by atoms with Gasteiger partial charge >= 0.3 is 0 Å². The number of nitrogens with two attached hydrogens (primary N) is 1. The van der Waals surface area contributed by atoms with Crippen LogP contribution in [0.4, 0.5) is 5.69 Å². The molecule has 1 aromatic heterocycles. The van der Waals surface area contributed by atoms with Crippen LogP contribution in [0.2, 0.25) is 0 Å². The maximum absolute atomic E-state index is 12.3. The van der Waals surface area contributed by atoms with Crippen LogP contribution < -0.4 is 15.8 Å². The molecule has 4 N–H and O–H groups in total. The number of carbonyl (C=O) groups excluding carboxylic acids is 1. The standard InChI is InChI=1S/C20H23N5O3/c1-13(28-12-14-4-3-5-17(10-14)27-2)20(26)22-16-8-6-15(7-9-16)19-23-18(11-21)24-25-19/h3-10,13H,11-12,21H2,1-2H3,(H,22,26)(H,23,24,25). The molecule has 0 saturated carbocycles. The van der Waals surface area contributed by atoms with Crippen LogP contribution in [0.15, 0.2) is 48.5 Å². The minimum Gasteiger partial charge on any atom is -0.497 e.